The lowest BCUT2D eigenvalue weighted by atomic mass is 10.1. The molecule has 5 N–H and O–H groups in total. The van der Waals surface area contributed by atoms with Gasteiger partial charge in [0.15, 0.2) is 0 Å². The van der Waals surface area contributed by atoms with E-state index in [4.69, 9.17) is 4.84 Å². The van der Waals surface area contributed by atoms with Crippen LogP contribution in [0, 0.1) is 0 Å². The molecule has 0 amide bonds. The fourth-order valence-electron chi connectivity index (χ4n) is 2.95. The Labute approximate surface area is 132 Å². The van der Waals surface area contributed by atoms with Crippen LogP contribution in [0.3, 0.4) is 0 Å². The summed E-state index contributed by atoms with van der Waals surface area (Å²) < 4.78 is 0. The van der Waals surface area contributed by atoms with Crippen molar-refractivity contribution in [3.05, 3.63) is 35.4 Å². The summed E-state index contributed by atoms with van der Waals surface area (Å²) in [6.07, 6.45) is 2.81. The van der Waals surface area contributed by atoms with E-state index in [-0.39, 0.29) is 12.4 Å². The Morgan fingerprint density at radius 2 is 2.05 bits per heavy atom. The average Bonchev–Trinajstić information content (AvgIpc) is 3.00. The van der Waals surface area contributed by atoms with E-state index < -0.39 is 0 Å². The first-order valence-corrected chi connectivity index (χ1v) is 8.21. The molecule has 0 aliphatic carbocycles. The molecule has 4 atom stereocenters. The third kappa shape index (κ3) is 4.04. The number of benzene rings is 1. The van der Waals surface area contributed by atoms with Gasteiger partial charge in [0, 0.05) is 19.3 Å². The van der Waals surface area contributed by atoms with E-state index in [1.165, 1.54) is 17.5 Å². The van der Waals surface area contributed by atoms with Gasteiger partial charge in [0.25, 0.3) is 0 Å². The van der Waals surface area contributed by atoms with Crippen molar-refractivity contribution < 1.29 is 4.84 Å². The van der Waals surface area contributed by atoms with Gasteiger partial charge in [0.1, 0.15) is 12.4 Å². The molecule has 2 fully saturated rings. The quantitative estimate of drug-likeness (QED) is 0.557. The predicted molar refractivity (Wildman–Crippen MR) is 86.5 cm³/mol. The average molecular weight is 305 g/mol. The molecule has 2 saturated heterocycles. The van der Waals surface area contributed by atoms with Gasteiger partial charge in [-0.15, -0.1) is 0 Å². The molecule has 1 aromatic carbocycles. The highest BCUT2D eigenvalue weighted by Crippen LogP contribution is 2.16. The Morgan fingerprint density at radius 3 is 2.73 bits per heavy atom. The van der Waals surface area contributed by atoms with Crippen molar-refractivity contribution in [1.29, 1.82) is 0 Å². The highest BCUT2D eigenvalue weighted by molar-refractivity contribution is 5.25. The van der Waals surface area contributed by atoms with Gasteiger partial charge in [-0.1, -0.05) is 31.2 Å². The predicted octanol–water partition coefficient (Wildman–Crippen LogP) is 0.890. The fourth-order valence-corrected chi connectivity index (χ4v) is 2.95. The molecule has 0 aromatic heterocycles. The third-order valence-electron chi connectivity index (χ3n) is 4.38. The SMILES string of the molecule is CCC1CC(NCc2ccc(C3NOC(C)N3)cc2)NCN1. The maximum absolute atomic E-state index is 5.31. The van der Waals surface area contributed by atoms with E-state index in [0.717, 1.165) is 19.6 Å². The van der Waals surface area contributed by atoms with E-state index in [1.54, 1.807) is 0 Å². The molecule has 22 heavy (non-hydrogen) atoms. The molecular weight excluding hydrogens is 278 g/mol. The van der Waals surface area contributed by atoms with Crippen LogP contribution in [0.1, 0.15) is 44.0 Å². The van der Waals surface area contributed by atoms with Crippen molar-refractivity contribution in [2.45, 2.75) is 57.8 Å². The van der Waals surface area contributed by atoms with Crippen LogP contribution in [0.4, 0.5) is 0 Å². The van der Waals surface area contributed by atoms with Gasteiger partial charge in [0.2, 0.25) is 0 Å². The third-order valence-corrected chi connectivity index (χ3v) is 4.38. The second-order valence-corrected chi connectivity index (χ2v) is 6.08. The van der Waals surface area contributed by atoms with Crippen LogP contribution in [-0.4, -0.2) is 25.1 Å². The highest BCUT2D eigenvalue weighted by Gasteiger charge is 2.22. The molecule has 1 aromatic rings. The molecule has 0 radical (unpaired) electrons. The molecule has 2 heterocycles. The summed E-state index contributed by atoms with van der Waals surface area (Å²) in [6, 6.07) is 9.25. The van der Waals surface area contributed by atoms with Gasteiger partial charge < -0.3 is 5.32 Å². The molecule has 2 aliphatic rings. The smallest absolute Gasteiger partial charge is 0.128 e. The molecule has 0 bridgehead atoms. The van der Waals surface area contributed by atoms with Crippen LogP contribution >= 0.6 is 0 Å². The minimum Gasteiger partial charge on any atom is -0.302 e. The van der Waals surface area contributed by atoms with Crippen LogP contribution in [0.2, 0.25) is 0 Å². The lowest BCUT2D eigenvalue weighted by Gasteiger charge is -2.31. The van der Waals surface area contributed by atoms with E-state index in [2.05, 4.69) is 57.9 Å². The summed E-state index contributed by atoms with van der Waals surface area (Å²) in [4.78, 5) is 5.31. The molecule has 122 valence electrons. The van der Waals surface area contributed by atoms with Crippen molar-refractivity contribution >= 4 is 0 Å². The molecule has 6 nitrogen and oxygen atoms in total. The number of hydroxylamine groups is 1. The standard InChI is InChI=1S/C16H27N5O/c1-3-14-8-15(19-10-18-14)17-9-12-4-6-13(7-5-12)16-20-11(2)22-21-16/h4-7,11,14-21H,3,8-10H2,1-2H3. The lowest BCUT2D eigenvalue weighted by Crippen LogP contribution is -2.55. The zero-order valence-corrected chi connectivity index (χ0v) is 13.4. The van der Waals surface area contributed by atoms with Gasteiger partial charge in [-0.25, -0.2) is 0 Å². The monoisotopic (exact) mass is 305 g/mol. The Hall–Kier alpha value is -1.02. The van der Waals surface area contributed by atoms with Crippen molar-refractivity contribution in [2.24, 2.45) is 0 Å². The molecule has 6 heteroatoms. The maximum atomic E-state index is 5.31. The first-order valence-electron chi connectivity index (χ1n) is 8.21. The summed E-state index contributed by atoms with van der Waals surface area (Å²) in [5.74, 6) is 0. The Kier molecular flexibility index (Phi) is 5.41. The summed E-state index contributed by atoms with van der Waals surface area (Å²) >= 11 is 0. The first kappa shape index (κ1) is 15.9. The van der Waals surface area contributed by atoms with Crippen LogP contribution < -0.4 is 26.7 Å². The molecule has 2 aliphatic heterocycles. The fraction of sp³-hybridized carbons (Fsp3) is 0.625. The number of hydrogen-bond donors (Lipinski definition) is 5. The summed E-state index contributed by atoms with van der Waals surface area (Å²) in [5.41, 5.74) is 5.48. The summed E-state index contributed by atoms with van der Waals surface area (Å²) in [7, 11) is 0. The first-order chi connectivity index (χ1) is 10.7. The number of nitrogens with one attached hydrogen (secondary N) is 5. The van der Waals surface area contributed by atoms with Gasteiger partial charge in [0.05, 0.1) is 6.17 Å². The van der Waals surface area contributed by atoms with Crippen LogP contribution in [0.15, 0.2) is 24.3 Å². The molecule has 3 rings (SSSR count). The topological polar surface area (TPSA) is 69.4 Å². The Bertz CT molecular complexity index is 466. The van der Waals surface area contributed by atoms with Crippen molar-refractivity contribution in [1.82, 2.24) is 26.7 Å². The largest absolute Gasteiger partial charge is 0.302 e. The van der Waals surface area contributed by atoms with E-state index in [1.807, 2.05) is 6.92 Å². The van der Waals surface area contributed by atoms with Crippen LogP contribution in [0.25, 0.3) is 0 Å². The van der Waals surface area contributed by atoms with Gasteiger partial charge >= 0.3 is 0 Å². The van der Waals surface area contributed by atoms with Gasteiger partial charge in [-0.2, -0.15) is 5.48 Å². The number of rotatable bonds is 5. The second-order valence-electron chi connectivity index (χ2n) is 6.08. The highest BCUT2D eigenvalue weighted by atomic mass is 16.7. The molecule has 0 saturated carbocycles. The van der Waals surface area contributed by atoms with E-state index >= 15 is 0 Å². The lowest BCUT2D eigenvalue weighted by molar-refractivity contribution is 0.0329. The number of hydrogen-bond acceptors (Lipinski definition) is 6. The van der Waals surface area contributed by atoms with Crippen LogP contribution in [-0.2, 0) is 11.4 Å². The Balaban J connectivity index is 1.49. The normalized spacial score (nSPS) is 32.3. The van der Waals surface area contributed by atoms with Crippen molar-refractivity contribution in [3.8, 4) is 0 Å². The van der Waals surface area contributed by atoms with Gasteiger partial charge in [-0.3, -0.25) is 20.8 Å². The minimum absolute atomic E-state index is 0.0452. The maximum Gasteiger partial charge on any atom is 0.128 e. The van der Waals surface area contributed by atoms with Crippen molar-refractivity contribution in [2.75, 3.05) is 6.67 Å². The summed E-state index contributed by atoms with van der Waals surface area (Å²) in [5, 5.41) is 13.8. The van der Waals surface area contributed by atoms with E-state index in [0.29, 0.717) is 12.2 Å². The van der Waals surface area contributed by atoms with E-state index in [9.17, 15) is 0 Å². The summed E-state index contributed by atoms with van der Waals surface area (Å²) in [6.45, 7) is 5.98. The second kappa shape index (κ2) is 7.50. The van der Waals surface area contributed by atoms with Gasteiger partial charge in [-0.05, 0) is 30.9 Å². The van der Waals surface area contributed by atoms with Crippen molar-refractivity contribution in [3.63, 3.8) is 0 Å². The molecule has 0 spiro atoms. The molecule has 4 unspecified atom stereocenters. The van der Waals surface area contributed by atoms with Crippen LogP contribution in [0.5, 0.6) is 0 Å². The zero-order chi connectivity index (χ0) is 15.4. The minimum atomic E-state index is 0.0452. The zero-order valence-electron chi connectivity index (χ0n) is 13.4. The Morgan fingerprint density at radius 1 is 1.23 bits per heavy atom. The molecular formula is C16H27N5O.